The Morgan fingerprint density at radius 3 is 2.67 bits per heavy atom. The molecule has 0 radical (unpaired) electrons. The number of carbonyl (C=O) groups is 1. The van der Waals surface area contributed by atoms with Crippen molar-refractivity contribution in [2.24, 2.45) is 0 Å². The molecule has 0 spiro atoms. The predicted octanol–water partition coefficient (Wildman–Crippen LogP) is 3.00. The number of benzene rings is 1. The maximum absolute atomic E-state index is 12.2. The molecule has 24 heavy (non-hydrogen) atoms. The number of rotatable bonds is 5. The molecule has 0 aliphatic carbocycles. The zero-order valence-corrected chi connectivity index (χ0v) is 14.7. The number of aryl methyl sites for hydroxylation is 1. The first-order valence-electron chi connectivity index (χ1n) is 8.24. The molecular weight excluding hydrogens is 322 g/mol. The lowest BCUT2D eigenvalue weighted by Gasteiger charge is -2.37. The van der Waals surface area contributed by atoms with Crippen molar-refractivity contribution < 1.29 is 9.53 Å². The summed E-state index contributed by atoms with van der Waals surface area (Å²) in [6.07, 6.45) is 3.65. The second kappa shape index (κ2) is 7.77. The normalized spacial score (nSPS) is 16.5. The number of urea groups is 1. The number of nitrogens with zero attached hydrogens (tertiary/aromatic N) is 1. The molecule has 0 unspecified atom stereocenters. The van der Waals surface area contributed by atoms with Gasteiger partial charge in [-0.3, -0.25) is 0 Å². The molecule has 2 aromatic rings. The number of ether oxygens (including phenoxy) is 1. The summed E-state index contributed by atoms with van der Waals surface area (Å²) in [5, 5.41) is 6.97. The van der Waals surface area contributed by atoms with Crippen LogP contribution < -0.4 is 10.6 Å². The van der Waals surface area contributed by atoms with Gasteiger partial charge in [-0.05, 0) is 25.3 Å². The first-order valence-corrected chi connectivity index (χ1v) is 9.06. The minimum Gasteiger partial charge on any atom is -0.381 e. The van der Waals surface area contributed by atoms with E-state index in [1.807, 2.05) is 19.2 Å². The average Bonchev–Trinajstić information content (AvgIpc) is 3.05. The van der Waals surface area contributed by atoms with Gasteiger partial charge in [-0.2, -0.15) is 0 Å². The van der Waals surface area contributed by atoms with Crippen molar-refractivity contribution in [2.75, 3.05) is 19.8 Å². The van der Waals surface area contributed by atoms with Crippen LogP contribution in [0, 0.1) is 6.92 Å². The number of nitrogens with one attached hydrogen (secondary N) is 2. The van der Waals surface area contributed by atoms with Gasteiger partial charge < -0.3 is 15.4 Å². The summed E-state index contributed by atoms with van der Waals surface area (Å²) in [5.41, 5.74) is 1.23. The average molecular weight is 345 g/mol. The van der Waals surface area contributed by atoms with E-state index in [4.69, 9.17) is 4.74 Å². The van der Waals surface area contributed by atoms with Gasteiger partial charge >= 0.3 is 6.03 Å². The van der Waals surface area contributed by atoms with E-state index in [1.165, 1.54) is 5.56 Å². The van der Waals surface area contributed by atoms with Gasteiger partial charge in [-0.15, -0.1) is 11.3 Å². The molecule has 1 aromatic heterocycles. The highest BCUT2D eigenvalue weighted by Crippen LogP contribution is 2.34. The second-order valence-electron chi connectivity index (χ2n) is 6.14. The van der Waals surface area contributed by atoms with Gasteiger partial charge in [0, 0.05) is 36.2 Å². The van der Waals surface area contributed by atoms with Crippen LogP contribution in [0.25, 0.3) is 0 Å². The quantitative estimate of drug-likeness (QED) is 0.876. The zero-order chi connectivity index (χ0) is 16.8. The highest BCUT2D eigenvalue weighted by Gasteiger charge is 2.34. The van der Waals surface area contributed by atoms with Crippen molar-refractivity contribution >= 4 is 17.4 Å². The molecule has 0 bridgehead atoms. The lowest BCUT2D eigenvalue weighted by Crippen LogP contribution is -2.47. The lowest BCUT2D eigenvalue weighted by molar-refractivity contribution is 0.0507. The summed E-state index contributed by atoms with van der Waals surface area (Å²) in [5.74, 6) is 0. The zero-order valence-electron chi connectivity index (χ0n) is 13.9. The van der Waals surface area contributed by atoms with Gasteiger partial charge in [0.2, 0.25) is 0 Å². The fraction of sp³-hybridized carbons (Fsp3) is 0.444. The standard InChI is InChI=1S/C18H23N3O2S/c1-14-19-11-16(24-14)12-20-17(22)21-13-18(7-9-23-10-8-18)15-5-3-2-4-6-15/h2-6,11H,7-10,12-13H2,1H3,(H2,20,21,22). The molecule has 2 amide bonds. The van der Waals surface area contributed by atoms with Crippen molar-refractivity contribution in [3.63, 3.8) is 0 Å². The van der Waals surface area contributed by atoms with Gasteiger partial charge in [0.1, 0.15) is 0 Å². The minimum atomic E-state index is -0.136. The molecule has 1 saturated heterocycles. The van der Waals surface area contributed by atoms with Crippen molar-refractivity contribution in [1.29, 1.82) is 0 Å². The van der Waals surface area contributed by atoms with Gasteiger partial charge in [0.05, 0.1) is 11.6 Å². The Labute approximate surface area is 146 Å². The first kappa shape index (κ1) is 16.9. The van der Waals surface area contributed by atoms with E-state index in [1.54, 1.807) is 11.3 Å². The minimum absolute atomic E-state index is 0.0437. The van der Waals surface area contributed by atoms with Crippen LogP contribution in [0.2, 0.25) is 0 Å². The number of hydrogen-bond acceptors (Lipinski definition) is 4. The van der Waals surface area contributed by atoms with E-state index in [9.17, 15) is 4.79 Å². The molecule has 0 atom stereocenters. The third-order valence-electron chi connectivity index (χ3n) is 4.52. The van der Waals surface area contributed by atoms with Crippen LogP contribution in [0.15, 0.2) is 36.5 Å². The number of amides is 2. The molecule has 0 saturated carbocycles. The van der Waals surface area contributed by atoms with Crippen LogP contribution in [0.3, 0.4) is 0 Å². The van der Waals surface area contributed by atoms with Crippen LogP contribution in [0.4, 0.5) is 4.79 Å². The first-order chi connectivity index (χ1) is 11.7. The monoisotopic (exact) mass is 345 g/mol. The topological polar surface area (TPSA) is 63.2 Å². The number of carbonyl (C=O) groups excluding carboxylic acids is 1. The Balaban J connectivity index is 1.58. The number of thiazole rings is 1. The molecule has 3 rings (SSSR count). The molecule has 2 heterocycles. The van der Waals surface area contributed by atoms with E-state index >= 15 is 0 Å². The van der Waals surface area contributed by atoms with Gasteiger partial charge in [0.15, 0.2) is 0 Å². The largest absolute Gasteiger partial charge is 0.381 e. The summed E-state index contributed by atoms with van der Waals surface area (Å²) >= 11 is 1.60. The fourth-order valence-electron chi connectivity index (χ4n) is 3.09. The molecule has 5 nitrogen and oxygen atoms in total. The van der Waals surface area contributed by atoms with Crippen molar-refractivity contribution in [3.05, 3.63) is 52.0 Å². The SMILES string of the molecule is Cc1ncc(CNC(=O)NCC2(c3ccccc3)CCOCC2)s1. The second-order valence-corrected chi connectivity index (χ2v) is 7.46. The van der Waals surface area contributed by atoms with Crippen molar-refractivity contribution in [1.82, 2.24) is 15.6 Å². The molecule has 1 aliphatic heterocycles. The van der Waals surface area contributed by atoms with E-state index < -0.39 is 0 Å². The van der Waals surface area contributed by atoms with Crippen molar-refractivity contribution in [2.45, 2.75) is 31.7 Å². The molecule has 1 fully saturated rings. The Hall–Kier alpha value is -1.92. The Bertz CT molecular complexity index is 666. The molecule has 1 aliphatic rings. The third-order valence-corrected chi connectivity index (χ3v) is 5.43. The summed E-state index contributed by atoms with van der Waals surface area (Å²) in [7, 11) is 0. The predicted molar refractivity (Wildman–Crippen MR) is 95.3 cm³/mol. The summed E-state index contributed by atoms with van der Waals surface area (Å²) in [6.45, 7) is 4.56. The Morgan fingerprint density at radius 1 is 1.25 bits per heavy atom. The molecular formula is C18H23N3O2S. The highest BCUT2D eigenvalue weighted by atomic mass is 32.1. The number of aromatic nitrogens is 1. The Kier molecular flexibility index (Phi) is 5.48. The van der Waals surface area contributed by atoms with E-state index in [0.717, 1.165) is 35.9 Å². The summed E-state index contributed by atoms with van der Waals surface area (Å²) < 4.78 is 5.53. The van der Waals surface area contributed by atoms with E-state index in [-0.39, 0.29) is 11.4 Å². The molecule has 2 N–H and O–H groups in total. The summed E-state index contributed by atoms with van der Waals surface area (Å²) in [6, 6.07) is 10.3. The van der Waals surface area contributed by atoms with Gasteiger partial charge in [-0.25, -0.2) is 9.78 Å². The molecule has 6 heteroatoms. The number of hydrogen-bond donors (Lipinski definition) is 2. The van der Waals surface area contributed by atoms with Gasteiger partial charge in [-0.1, -0.05) is 30.3 Å². The maximum Gasteiger partial charge on any atom is 0.315 e. The van der Waals surface area contributed by atoms with Crippen LogP contribution in [-0.2, 0) is 16.7 Å². The Morgan fingerprint density at radius 2 is 2.00 bits per heavy atom. The smallest absolute Gasteiger partial charge is 0.315 e. The van der Waals surface area contributed by atoms with Crippen molar-refractivity contribution in [3.8, 4) is 0 Å². The van der Waals surface area contributed by atoms with E-state index in [2.05, 4.69) is 39.9 Å². The van der Waals surface area contributed by atoms with Crippen LogP contribution in [0.1, 0.15) is 28.3 Å². The molecule has 1 aromatic carbocycles. The van der Waals surface area contributed by atoms with Crippen LogP contribution in [-0.4, -0.2) is 30.8 Å². The van der Waals surface area contributed by atoms with Crippen LogP contribution in [0.5, 0.6) is 0 Å². The van der Waals surface area contributed by atoms with Crippen LogP contribution >= 0.6 is 11.3 Å². The van der Waals surface area contributed by atoms with Gasteiger partial charge in [0.25, 0.3) is 0 Å². The lowest BCUT2D eigenvalue weighted by atomic mass is 9.74. The maximum atomic E-state index is 12.2. The molecule has 128 valence electrons. The highest BCUT2D eigenvalue weighted by molar-refractivity contribution is 7.11. The fourth-order valence-corrected chi connectivity index (χ4v) is 3.82. The third kappa shape index (κ3) is 4.13. The summed E-state index contributed by atoms with van der Waals surface area (Å²) in [4.78, 5) is 17.4. The van der Waals surface area contributed by atoms with E-state index in [0.29, 0.717) is 13.1 Å².